The van der Waals surface area contributed by atoms with Gasteiger partial charge in [-0.25, -0.2) is 5.06 Å². The molecule has 0 aliphatic carbocycles. The van der Waals surface area contributed by atoms with Crippen molar-refractivity contribution in [2.75, 3.05) is 14.2 Å². The van der Waals surface area contributed by atoms with E-state index in [1.807, 2.05) is 30.3 Å². The third-order valence-electron chi connectivity index (χ3n) is 4.30. The molecule has 140 valence electrons. The lowest BCUT2D eigenvalue weighted by molar-refractivity contribution is -0.170. The van der Waals surface area contributed by atoms with Gasteiger partial charge in [0.1, 0.15) is 11.7 Å². The fourth-order valence-corrected chi connectivity index (χ4v) is 3.00. The summed E-state index contributed by atoms with van der Waals surface area (Å²) in [6, 6.07) is 15.8. The first-order valence-electron chi connectivity index (χ1n) is 8.42. The summed E-state index contributed by atoms with van der Waals surface area (Å²) in [7, 11) is 2.91. The fraction of sp³-hybridized carbons (Fsp3) is 0.200. The second-order valence-corrected chi connectivity index (χ2v) is 6.59. The quantitative estimate of drug-likeness (QED) is 0.640. The van der Waals surface area contributed by atoms with Crippen molar-refractivity contribution >= 4 is 34.3 Å². The number of hydroxylamine groups is 2. The van der Waals surface area contributed by atoms with Crippen LogP contribution in [0, 0.1) is 0 Å². The zero-order chi connectivity index (χ0) is 19.4. The summed E-state index contributed by atoms with van der Waals surface area (Å²) in [5.41, 5.74) is 2.09. The molecule has 0 saturated carbocycles. The Kier molecular flexibility index (Phi) is 5.78. The largest absolute Gasteiger partial charge is 0.351 e. The van der Waals surface area contributed by atoms with Gasteiger partial charge >= 0.3 is 0 Å². The van der Waals surface area contributed by atoms with E-state index in [2.05, 4.69) is 10.3 Å². The van der Waals surface area contributed by atoms with Crippen LogP contribution in [0.25, 0.3) is 10.9 Å². The number of rotatable bonds is 6. The number of hydrogen-bond acceptors (Lipinski definition) is 3. The van der Waals surface area contributed by atoms with Gasteiger partial charge in [-0.2, -0.15) is 0 Å². The van der Waals surface area contributed by atoms with Crippen LogP contribution in [-0.4, -0.2) is 42.1 Å². The minimum absolute atomic E-state index is 0.339. The van der Waals surface area contributed by atoms with Crippen LogP contribution in [0.3, 0.4) is 0 Å². The van der Waals surface area contributed by atoms with Crippen molar-refractivity contribution < 1.29 is 14.4 Å². The molecule has 7 heteroatoms. The topological polar surface area (TPSA) is 74.4 Å². The van der Waals surface area contributed by atoms with Gasteiger partial charge in [-0.1, -0.05) is 41.9 Å². The third-order valence-corrected chi connectivity index (χ3v) is 4.53. The van der Waals surface area contributed by atoms with Crippen LogP contribution < -0.4 is 5.32 Å². The molecule has 0 aliphatic heterocycles. The van der Waals surface area contributed by atoms with Crippen molar-refractivity contribution in [2.24, 2.45) is 0 Å². The Morgan fingerprint density at radius 1 is 1.19 bits per heavy atom. The van der Waals surface area contributed by atoms with E-state index in [1.165, 1.54) is 14.2 Å². The molecular formula is C20H20ClN3O3. The first-order valence-corrected chi connectivity index (χ1v) is 8.80. The molecule has 2 amide bonds. The maximum Gasteiger partial charge on any atom is 0.268 e. The molecule has 0 unspecified atom stereocenters. The number of nitrogens with one attached hydrogen (secondary N) is 2. The van der Waals surface area contributed by atoms with Gasteiger partial charge in [0.25, 0.3) is 11.8 Å². The number of nitrogens with zero attached hydrogens (tertiary/aromatic N) is 1. The van der Waals surface area contributed by atoms with Crippen molar-refractivity contribution in [3.8, 4) is 0 Å². The van der Waals surface area contributed by atoms with Crippen molar-refractivity contribution in [2.45, 2.75) is 12.5 Å². The molecule has 2 aromatic carbocycles. The third kappa shape index (κ3) is 4.48. The molecule has 0 fully saturated rings. The van der Waals surface area contributed by atoms with Gasteiger partial charge in [0.15, 0.2) is 0 Å². The molecule has 6 nitrogen and oxygen atoms in total. The average molecular weight is 386 g/mol. The Balaban J connectivity index is 1.82. The van der Waals surface area contributed by atoms with E-state index in [0.717, 1.165) is 21.5 Å². The summed E-state index contributed by atoms with van der Waals surface area (Å²) in [5, 5.41) is 5.32. The normalized spacial score (nSPS) is 12.0. The van der Waals surface area contributed by atoms with E-state index in [1.54, 1.807) is 24.3 Å². The monoisotopic (exact) mass is 385 g/mol. The van der Waals surface area contributed by atoms with E-state index in [0.29, 0.717) is 17.1 Å². The summed E-state index contributed by atoms with van der Waals surface area (Å²) >= 11 is 6.00. The molecule has 2 N–H and O–H groups in total. The van der Waals surface area contributed by atoms with Crippen LogP contribution in [0.15, 0.2) is 54.6 Å². The summed E-state index contributed by atoms with van der Waals surface area (Å²) in [4.78, 5) is 33.4. The number of hydrogen-bond donors (Lipinski definition) is 2. The average Bonchev–Trinajstić information content (AvgIpc) is 3.10. The summed E-state index contributed by atoms with van der Waals surface area (Å²) in [5.74, 6) is -0.713. The SMILES string of the molecule is CON(C)C(=O)[C@H](Cc1ccccc1)NC(=O)c1cc2cc(Cl)ccc2[nH]1. The molecule has 0 aliphatic rings. The van der Waals surface area contributed by atoms with E-state index in [4.69, 9.17) is 16.4 Å². The molecule has 27 heavy (non-hydrogen) atoms. The lowest BCUT2D eigenvalue weighted by atomic mass is 10.0. The predicted molar refractivity (Wildman–Crippen MR) is 104 cm³/mol. The van der Waals surface area contributed by atoms with Gasteiger partial charge in [0, 0.05) is 29.4 Å². The molecule has 3 aromatic rings. The van der Waals surface area contributed by atoms with Gasteiger partial charge in [0.05, 0.1) is 7.11 Å². The number of amides is 2. The van der Waals surface area contributed by atoms with E-state index in [9.17, 15) is 9.59 Å². The first-order chi connectivity index (χ1) is 13.0. The molecule has 1 atom stereocenters. The van der Waals surface area contributed by atoms with Crippen LogP contribution in [0.5, 0.6) is 0 Å². The van der Waals surface area contributed by atoms with Crippen molar-refractivity contribution in [3.05, 3.63) is 70.9 Å². The number of aromatic nitrogens is 1. The standard InChI is InChI=1S/C20H20ClN3O3/c1-24(27-2)20(26)18(10-13-6-4-3-5-7-13)23-19(25)17-12-14-11-15(21)8-9-16(14)22-17/h3-9,11-12,18,22H,10H2,1-2H3,(H,23,25)/t18-/m0/s1. The number of fused-ring (bicyclic) bond motifs is 1. The van der Waals surface area contributed by atoms with Gasteiger partial charge in [-0.3, -0.25) is 14.4 Å². The molecule has 1 aromatic heterocycles. The Hall–Kier alpha value is -2.83. The van der Waals surface area contributed by atoms with Crippen LogP contribution in [-0.2, 0) is 16.1 Å². The second-order valence-electron chi connectivity index (χ2n) is 6.15. The van der Waals surface area contributed by atoms with Crippen molar-refractivity contribution in [1.82, 2.24) is 15.4 Å². The number of benzene rings is 2. The van der Waals surface area contributed by atoms with E-state index >= 15 is 0 Å². The number of H-pyrrole nitrogens is 1. The summed E-state index contributed by atoms with van der Waals surface area (Å²) in [6.45, 7) is 0. The highest BCUT2D eigenvalue weighted by Gasteiger charge is 2.25. The minimum atomic E-state index is -0.764. The molecule has 0 saturated heterocycles. The Labute approximate surface area is 162 Å². The zero-order valence-electron chi connectivity index (χ0n) is 15.0. The summed E-state index contributed by atoms with van der Waals surface area (Å²) in [6.07, 6.45) is 0.352. The number of likely N-dealkylation sites (N-methyl/N-ethyl adjacent to an activating group) is 1. The second kappa shape index (κ2) is 8.24. The highest BCUT2D eigenvalue weighted by atomic mass is 35.5. The Morgan fingerprint density at radius 2 is 1.93 bits per heavy atom. The Morgan fingerprint density at radius 3 is 2.63 bits per heavy atom. The van der Waals surface area contributed by atoms with Crippen molar-refractivity contribution in [1.29, 1.82) is 0 Å². The van der Waals surface area contributed by atoms with Crippen LogP contribution in [0.2, 0.25) is 5.02 Å². The van der Waals surface area contributed by atoms with Crippen LogP contribution >= 0.6 is 11.6 Å². The minimum Gasteiger partial charge on any atom is -0.351 e. The predicted octanol–water partition coefficient (Wildman–Crippen LogP) is 3.18. The maximum absolute atomic E-state index is 12.7. The van der Waals surface area contributed by atoms with Crippen LogP contribution in [0.1, 0.15) is 16.1 Å². The number of carbonyl (C=O) groups is 2. The molecule has 0 radical (unpaired) electrons. The highest BCUT2D eigenvalue weighted by Crippen LogP contribution is 2.20. The molecular weight excluding hydrogens is 366 g/mol. The Bertz CT molecular complexity index is 956. The molecule has 3 rings (SSSR count). The fourth-order valence-electron chi connectivity index (χ4n) is 2.82. The van der Waals surface area contributed by atoms with Gasteiger partial charge in [0.2, 0.25) is 0 Å². The smallest absolute Gasteiger partial charge is 0.268 e. The van der Waals surface area contributed by atoms with E-state index in [-0.39, 0.29) is 11.8 Å². The summed E-state index contributed by atoms with van der Waals surface area (Å²) < 4.78 is 0. The van der Waals surface area contributed by atoms with Crippen LogP contribution in [0.4, 0.5) is 0 Å². The van der Waals surface area contributed by atoms with Gasteiger partial charge < -0.3 is 10.3 Å². The molecule has 0 bridgehead atoms. The first kappa shape index (κ1) is 18.9. The molecule has 0 spiro atoms. The lowest BCUT2D eigenvalue weighted by Crippen LogP contribution is -2.48. The van der Waals surface area contributed by atoms with Crippen molar-refractivity contribution in [3.63, 3.8) is 0 Å². The zero-order valence-corrected chi connectivity index (χ0v) is 15.8. The lowest BCUT2D eigenvalue weighted by Gasteiger charge is -2.22. The molecule has 1 heterocycles. The number of aromatic amines is 1. The number of halogens is 1. The van der Waals surface area contributed by atoms with E-state index < -0.39 is 6.04 Å². The maximum atomic E-state index is 12.7. The number of carbonyl (C=O) groups excluding carboxylic acids is 2. The van der Waals surface area contributed by atoms with Gasteiger partial charge in [-0.05, 0) is 29.8 Å². The highest BCUT2D eigenvalue weighted by molar-refractivity contribution is 6.31. The van der Waals surface area contributed by atoms with Gasteiger partial charge in [-0.15, -0.1) is 0 Å².